The van der Waals surface area contributed by atoms with Crippen molar-refractivity contribution in [2.45, 2.75) is 38.1 Å². The van der Waals surface area contributed by atoms with Crippen LogP contribution in [0.25, 0.3) is 0 Å². The minimum Gasteiger partial charge on any atom is -0.314 e. The van der Waals surface area contributed by atoms with Gasteiger partial charge in [0, 0.05) is 11.6 Å². The molecule has 0 aliphatic carbocycles. The van der Waals surface area contributed by atoms with Crippen molar-refractivity contribution < 1.29 is 8.78 Å². The summed E-state index contributed by atoms with van der Waals surface area (Å²) in [5.41, 5.74) is 0.193. The van der Waals surface area contributed by atoms with Crippen molar-refractivity contribution >= 4 is 15.9 Å². The molecule has 4 heteroatoms. The Kier molecular flexibility index (Phi) is 4.51. The molecule has 1 aromatic carbocycles. The van der Waals surface area contributed by atoms with Crippen LogP contribution in [0.2, 0.25) is 0 Å². The molecule has 0 saturated carbocycles. The minimum absolute atomic E-state index is 0.191. The van der Waals surface area contributed by atoms with E-state index < -0.39 is 11.6 Å². The SMILES string of the molecule is Fc1ccc(Br)c(F)c1CC1CCCCCN1. The molecule has 94 valence electrons. The first-order valence-corrected chi connectivity index (χ1v) is 6.83. The van der Waals surface area contributed by atoms with Crippen molar-refractivity contribution in [3.05, 3.63) is 33.8 Å². The first-order chi connectivity index (χ1) is 8.18. The summed E-state index contributed by atoms with van der Waals surface area (Å²) in [4.78, 5) is 0. The average Bonchev–Trinajstić information content (AvgIpc) is 2.58. The van der Waals surface area contributed by atoms with Crippen LogP contribution in [-0.2, 0) is 6.42 Å². The lowest BCUT2D eigenvalue weighted by Gasteiger charge is -2.17. The summed E-state index contributed by atoms with van der Waals surface area (Å²) in [5.74, 6) is -0.909. The molecule has 1 heterocycles. The van der Waals surface area contributed by atoms with E-state index in [4.69, 9.17) is 0 Å². The Bertz CT molecular complexity index is 387. The zero-order chi connectivity index (χ0) is 12.3. The third kappa shape index (κ3) is 3.26. The number of halogens is 3. The van der Waals surface area contributed by atoms with Gasteiger partial charge in [0.2, 0.25) is 0 Å². The van der Waals surface area contributed by atoms with Crippen molar-refractivity contribution in [2.24, 2.45) is 0 Å². The molecule has 0 aromatic heterocycles. The van der Waals surface area contributed by atoms with E-state index in [0.717, 1.165) is 25.8 Å². The third-order valence-corrected chi connectivity index (χ3v) is 3.86. The molecule has 17 heavy (non-hydrogen) atoms. The molecule has 1 atom stereocenters. The lowest BCUT2D eigenvalue weighted by atomic mass is 10.0. The zero-order valence-corrected chi connectivity index (χ0v) is 11.2. The van der Waals surface area contributed by atoms with Gasteiger partial charge in [-0.3, -0.25) is 0 Å². The number of nitrogens with one attached hydrogen (secondary N) is 1. The van der Waals surface area contributed by atoms with E-state index in [-0.39, 0.29) is 11.6 Å². The molecule has 1 fully saturated rings. The predicted octanol–water partition coefficient (Wildman–Crippen LogP) is 3.80. The maximum Gasteiger partial charge on any atom is 0.143 e. The van der Waals surface area contributed by atoms with Gasteiger partial charge in [0.15, 0.2) is 0 Å². The summed E-state index contributed by atoms with van der Waals surface area (Å²) < 4.78 is 27.7. The highest BCUT2D eigenvalue weighted by molar-refractivity contribution is 9.10. The highest BCUT2D eigenvalue weighted by atomic mass is 79.9. The van der Waals surface area contributed by atoms with Gasteiger partial charge in [-0.1, -0.05) is 12.8 Å². The normalized spacial score (nSPS) is 21.2. The number of hydrogen-bond acceptors (Lipinski definition) is 1. The molecule has 1 aromatic rings. The number of rotatable bonds is 2. The highest BCUT2D eigenvalue weighted by Gasteiger charge is 2.18. The van der Waals surface area contributed by atoms with Gasteiger partial charge in [-0.25, -0.2) is 8.78 Å². The van der Waals surface area contributed by atoms with Crippen molar-refractivity contribution in [3.8, 4) is 0 Å². The van der Waals surface area contributed by atoms with E-state index in [9.17, 15) is 8.78 Å². The van der Waals surface area contributed by atoms with Crippen LogP contribution in [0.3, 0.4) is 0 Å². The van der Waals surface area contributed by atoms with Crippen LogP contribution in [-0.4, -0.2) is 12.6 Å². The molecule has 1 aliphatic rings. The van der Waals surface area contributed by atoms with Gasteiger partial charge in [0.1, 0.15) is 11.6 Å². The van der Waals surface area contributed by atoms with Gasteiger partial charge in [-0.05, 0) is 53.9 Å². The highest BCUT2D eigenvalue weighted by Crippen LogP contribution is 2.24. The Balaban J connectivity index is 2.14. The zero-order valence-electron chi connectivity index (χ0n) is 9.61. The third-order valence-electron chi connectivity index (χ3n) is 3.25. The molecule has 0 bridgehead atoms. The summed E-state index contributed by atoms with van der Waals surface area (Å²) in [6, 6.07) is 2.92. The fourth-order valence-electron chi connectivity index (χ4n) is 2.28. The molecule has 1 nitrogen and oxygen atoms in total. The molecule has 1 saturated heterocycles. The van der Waals surface area contributed by atoms with Gasteiger partial charge < -0.3 is 5.32 Å². The summed E-state index contributed by atoms with van der Waals surface area (Å²) in [7, 11) is 0. The van der Waals surface area contributed by atoms with Crippen LogP contribution in [0, 0.1) is 11.6 Å². The van der Waals surface area contributed by atoms with E-state index in [1.54, 1.807) is 0 Å². The molecular weight excluding hydrogens is 288 g/mol. The lowest BCUT2D eigenvalue weighted by molar-refractivity contribution is 0.473. The van der Waals surface area contributed by atoms with Crippen LogP contribution < -0.4 is 5.32 Å². The average molecular weight is 304 g/mol. The molecule has 1 N–H and O–H groups in total. The summed E-state index contributed by atoms with van der Waals surface area (Å²) in [6.07, 6.45) is 4.91. The van der Waals surface area contributed by atoms with Crippen LogP contribution in [0.4, 0.5) is 8.78 Å². The fraction of sp³-hybridized carbons (Fsp3) is 0.538. The summed E-state index contributed by atoms with van der Waals surface area (Å²) in [5, 5.41) is 3.36. The second kappa shape index (κ2) is 5.91. The Morgan fingerprint density at radius 2 is 2.06 bits per heavy atom. The van der Waals surface area contributed by atoms with Gasteiger partial charge in [-0.2, -0.15) is 0 Å². The predicted molar refractivity (Wildman–Crippen MR) is 68.0 cm³/mol. The van der Waals surface area contributed by atoms with Crippen molar-refractivity contribution in [3.63, 3.8) is 0 Å². The summed E-state index contributed by atoms with van der Waals surface area (Å²) in [6.45, 7) is 0.946. The number of benzene rings is 1. The lowest BCUT2D eigenvalue weighted by Crippen LogP contribution is -2.30. The largest absolute Gasteiger partial charge is 0.314 e. The molecule has 0 amide bonds. The first-order valence-electron chi connectivity index (χ1n) is 6.04. The maximum atomic E-state index is 13.8. The molecule has 1 aliphatic heterocycles. The van der Waals surface area contributed by atoms with Crippen molar-refractivity contribution in [1.82, 2.24) is 5.32 Å². The van der Waals surface area contributed by atoms with Crippen LogP contribution >= 0.6 is 15.9 Å². The molecule has 0 spiro atoms. The van der Waals surface area contributed by atoms with E-state index >= 15 is 0 Å². The van der Waals surface area contributed by atoms with E-state index in [2.05, 4.69) is 21.2 Å². The van der Waals surface area contributed by atoms with Gasteiger partial charge in [0.25, 0.3) is 0 Å². The molecule has 1 unspecified atom stereocenters. The second-order valence-electron chi connectivity index (χ2n) is 4.53. The Morgan fingerprint density at radius 3 is 2.88 bits per heavy atom. The van der Waals surface area contributed by atoms with Crippen molar-refractivity contribution in [1.29, 1.82) is 0 Å². The minimum atomic E-state index is -0.462. The fourth-order valence-corrected chi connectivity index (χ4v) is 2.65. The number of hydrogen-bond donors (Lipinski definition) is 1. The van der Waals surface area contributed by atoms with Gasteiger partial charge >= 0.3 is 0 Å². The Hall–Kier alpha value is -0.480. The van der Waals surface area contributed by atoms with E-state index in [1.165, 1.54) is 18.6 Å². The van der Waals surface area contributed by atoms with E-state index in [1.807, 2.05) is 0 Å². The Morgan fingerprint density at radius 1 is 1.24 bits per heavy atom. The van der Waals surface area contributed by atoms with E-state index in [0.29, 0.717) is 10.9 Å². The molecule has 2 rings (SSSR count). The Labute approximate surface area is 109 Å². The molecular formula is C13H16BrF2N. The van der Waals surface area contributed by atoms with Crippen LogP contribution in [0.15, 0.2) is 16.6 Å². The smallest absolute Gasteiger partial charge is 0.143 e. The topological polar surface area (TPSA) is 12.0 Å². The molecule has 0 radical (unpaired) electrons. The second-order valence-corrected chi connectivity index (χ2v) is 5.38. The monoisotopic (exact) mass is 303 g/mol. The van der Waals surface area contributed by atoms with Crippen LogP contribution in [0.1, 0.15) is 31.2 Å². The van der Waals surface area contributed by atoms with Gasteiger partial charge in [0.05, 0.1) is 4.47 Å². The quantitative estimate of drug-likeness (QED) is 0.820. The standard InChI is InChI=1S/C13H16BrF2N/c14-11-5-6-12(15)10(13(11)16)8-9-4-2-1-3-7-17-9/h5-6,9,17H,1-4,7-8H2. The van der Waals surface area contributed by atoms with Crippen LogP contribution in [0.5, 0.6) is 0 Å². The summed E-state index contributed by atoms with van der Waals surface area (Å²) >= 11 is 3.10. The first kappa shape index (κ1) is 13.0. The maximum absolute atomic E-state index is 13.8. The van der Waals surface area contributed by atoms with Gasteiger partial charge in [-0.15, -0.1) is 0 Å². The van der Waals surface area contributed by atoms with Crippen molar-refractivity contribution in [2.75, 3.05) is 6.54 Å².